The number of rotatable bonds is 8. The lowest BCUT2D eigenvalue weighted by Gasteiger charge is -2.30. The highest BCUT2D eigenvalue weighted by atomic mass is 79.9. The molecule has 0 aliphatic rings. The van der Waals surface area contributed by atoms with Gasteiger partial charge in [0.1, 0.15) is 11.8 Å². The van der Waals surface area contributed by atoms with Crippen molar-refractivity contribution in [2.45, 2.75) is 32.9 Å². The van der Waals surface area contributed by atoms with Crippen molar-refractivity contribution in [3.8, 4) is 5.75 Å². The van der Waals surface area contributed by atoms with E-state index in [0.717, 1.165) is 11.3 Å². The van der Waals surface area contributed by atoms with Gasteiger partial charge in [-0.2, -0.15) is 0 Å². The molecule has 1 aromatic carbocycles. The molecule has 0 saturated heterocycles. The minimum atomic E-state index is -0.591. The van der Waals surface area contributed by atoms with E-state index >= 15 is 0 Å². The fraction of sp³-hybridized carbons (Fsp3) is 0.529. The second kappa shape index (κ2) is 9.55. The first-order chi connectivity index (χ1) is 10.9. The fourth-order valence-electron chi connectivity index (χ4n) is 2.31. The number of ether oxygens (including phenoxy) is 2. The van der Waals surface area contributed by atoms with Crippen LogP contribution < -0.4 is 4.74 Å². The summed E-state index contributed by atoms with van der Waals surface area (Å²) in [7, 11) is 2.95. The molecular formula is C17H24BrNO4. The maximum absolute atomic E-state index is 12.3. The molecule has 0 saturated carbocycles. The molecule has 0 unspecified atom stereocenters. The van der Waals surface area contributed by atoms with Gasteiger partial charge in [0.2, 0.25) is 5.91 Å². The summed E-state index contributed by atoms with van der Waals surface area (Å²) >= 11 is 3.19. The number of benzene rings is 1. The summed E-state index contributed by atoms with van der Waals surface area (Å²) in [5.74, 6) is 0.484. The molecule has 0 heterocycles. The summed E-state index contributed by atoms with van der Waals surface area (Å²) in [6, 6.07) is 6.85. The van der Waals surface area contributed by atoms with Gasteiger partial charge in [0.05, 0.1) is 19.5 Å². The normalized spacial score (nSPS) is 11.9. The highest BCUT2D eigenvalue weighted by Gasteiger charge is 2.30. The van der Waals surface area contributed by atoms with Gasteiger partial charge in [-0.15, -0.1) is 0 Å². The Morgan fingerprint density at radius 3 is 2.22 bits per heavy atom. The fourth-order valence-corrected chi connectivity index (χ4v) is 2.63. The predicted octanol–water partition coefficient (Wildman–Crippen LogP) is 3.01. The number of carbonyl (C=O) groups is 2. The number of hydrogen-bond acceptors (Lipinski definition) is 4. The quantitative estimate of drug-likeness (QED) is 0.509. The van der Waals surface area contributed by atoms with Crippen molar-refractivity contribution in [3.63, 3.8) is 0 Å². The molecule has 128 valence electrons. The Kier molecular flexibility index (Phi) is 8.09. The third-order valence-corrected chi connectivity index (χ3v) is 3.97. The molecule has 0 bridgehead atoms. The van der Waals surface area contributed by atoms with Crippen LogP contribution in [-0.2, 0) is 20.9 Å². The molecule has 1 amide bonds. The van der Waals surface area contributed by atoms with Gasteiger partial charge < -0.3 is 14.4 Å². The lowest BCUT2D eigenvalue weighted by atomic mass is 10.0. The monoisotopic (exact) mass is 385 g/mol. The third kappa shape index (κ3) is 5.86. The molecule has 0 fully saturated rings. The van der Waals surface area contributed by atoms with Crippen LogP contribution in [0.25, 0.3) is 0 Å². The largest absolute Gasteiger partial charge is 0.497 e. The van der Waals surface area contributed by atoms with Crippen molar-refractivity contribution in [2.24, 2.45) is 5.92 Å². The molecule has 0 N–H and O–H groups in total. The Hall–Kier alpha value is -1.56. The van der Waals surface area contributed by atoms with E-state index in [4.69, 9.17) is 9.47 Å². The van der Waals surface area contributed by atoms with Crippen molar-refractivity contribution in [1.82, 2.24) is 4.90 Å². The van der Waals surface area contributed by atoms with Crippen molar-refractivity contribution in [3.05, 3.63) is 29.8 Å². The van der Waals surface area contributed by atoms with Gasteiger partial charge >= 0.3 is 5.97 Å². The number of carbonyl (C=O) groups excluding carboxylic acids is 2. The van der Waals surface area contributed by atoms with Crippen LogP contribution in [0.3, 0.4) is 0 Å². The standard InChI is InChI=1S/C17H24BrNO4/c1-12(2)9-15(17(21)23-4)19(16(20)10-18)11-13-5-7-14(22-3)8-6-13/h5-8,12,15H,9-11H2,1-4H3/t15-/m0/s1. The summed E-state index contributed by atoms with van der Waals surface area (Å²) < 4.78 is 10.0. The molecule has 23 heavy (non-hydrogen) atoms. The van der Waals surface area contributed by atoms with Gasteiger partial charge in [0.15, 0.2) is 0 Å². The molecule has 1 rings (SSSR count). The molecule has 5 nitrogen and oxygen atoms in total. The van der Waals surface area contributed by atoms with Gasteiger partial charge in [0, 0.05) is 6.54 Å². The number of methoxy groups -OCH3 is 2. The second-order valence-corrected chi connectivity index (χ2v) is 6.23. The van der Waals surface area contributed by atoms with E-state index < -0.39 is 6.04 Å². The Bertz CT molecular complexity index is 516. The maximum Gasteiger partial charge on any atom is 0.328 e. The molecule has 0 aliphatic carbocycles. The zero-order chi connectivity index (χ0) is 17.4. The first-order valence-corrected chi connectivity index (χ1v) is 8.61. The number of esters is 1. The zero-order valence-electron chi connectivity index (χ0n) is 14.0. The average Bonchev–Trinajstić information content (AvgIpc) is 2.56. The van der Waals surface area contributed by atoms with Crippen molar-refractivity contribution < 1.29 is 19.1 Å². The smallest absolute Gasteiger partial charge is 0.328 e. The van der Waals surface area contributed by atoms with Crippen LogP contribution in [0.1, 0.15) is 25.8 Å². The summed E-state index contributed by atoms with van der Waals surface area (Å²) in [6.07, 6.45) is 0.557. The lowest BCUT2D eigenvalue weighted by molar-refractivity contribution is -0.153. The van der Waals surface area contributed by atoms with Gasteiger partial charge in [0.25, 0.3) is 0 Å². The Morgan fingerprint density at radius 1 is 1.17 bits per heavy atom. The third-order valence-electron chi connectivity index (χ3n) is 3.49. The van der Waals surface area contributed by atoms with Crippen LogP contribution in [0.5, 0.6) is 5.75 Å². The van der Waals surface area contributed by atoms with Crippen LogP contribution in [0.4, 0.5) is 0 Å². The van der Waals surface area contributed by atoms with E-state index in [9.17, 15) is 9.59 Å². The maximum atomic E-state index is 12.3. The van der Waals surface area contributed by atoms with E-state index in [0.29, 0.717) is 13.0 Å². The molecule has 1 aromatic rings. The number of alkyl halides is 1. The predicted molar refractivity (Wildman–Crippen MR) is 92.6 cm³/mol. The molecule has 0 spiro atoms. The van der Waals surface area contributed by atoms with Crippen LogP contribution in [0.2, 0.25) is 0 Å². The minimum absolute atomic E-state index is 0.142. The van der Waals surface area contributed by atoms with E-state index in [2.05, 4.69) is 15.9 Å². The Morgan fingerprint density at radius 2 is 1.78 bits per heavy atom. The summed E-state index contributed by atoms with van der Waals surface area (Å²) in [5, 5.41) is 0.161. The number of halogens is 1. The first kappa shape index (κ1) is 19.5. The van der Waals surface area contributed by atoms with E-state index in [1.54, 1.807) is 12.0 Å². The summed E-state index contributed by atoms with van der Waals surface area (Å²) in [5.41, 5.74) is 0.928. The van der Waals surface area contributed by atoms with Crippen LogP contribution in [0.15, 0.2) is 24.3 Å². The lowest BCUT2D eigenvalue weighted by Crippen LogP contribution is -2.46. The summed E-state index contributed by atoms with van der Waals surface area (Å²) in [6.45, 7) is 4.38. The number of hydrogen-bond donors (Lipinski definition) is 0. The second-order valence-electron chi connectivity index (χ2n) is 5.67. The molecule has 0 aliphatic heterocycles. The summed E-state index contributed by atoms with van der Waals surface area (Å²) in [4.78, 5) is 26.0. The SMILES string of the molecule is COC(=O)[C@H](CC(C)C)N(Cc1ccc(OC)cc1)C(=O)CBr. The highest BCUT2D eigenvalue weighted by Crippen LogP contribution is 2.19. The average molecular weight is 386 g/mol. The minimum Gasteiger partial charge on any atom is -0.497 e. The van der Waals surface area contributed by atoms with E-state index in [1.807, 2.05) is 38.1 Å². The highest BCUT2D eigenvalue weighted by molar-refractivity contribution is 9.09. The topological polar surface area (TPSA) is 55.8 Å². The Balaban J connectivity index is 3.04. The van der Waals surface area contributed by atoms with Gasteiger partial charge in [-0.05, 0) is 30.0 Å². The van der Waals surface area contributed by atoms with Gasteiger partial charge in [-0.25, -0.2) is 4.79 Å². The number of amides is 1. The van der Waals surface area contributed by atoms with Crippen LogP contribution in [-0.4, -0.2) is 42.4 Å². The molecule has 6 heteroatoms. The molecular weight excluding hydrogens is 362 g/mol. The van der Waals surface area contributed by atoms with Crippen LogP contribution >= 0.6 is 15.9 Å². The van der Waals surface area contributed by atoms with Crippen molar-refractivity contribution in [1.29, 1.82) is 0 Å². The van der Waals surface area contributed by atoms with Crippen molar-refractivity contribution in [2.75, 3.05) is 19.5 Å². The van der Waals surface area contributed by atoms with Crippen LogP contribution in [0, 0.1) is 5.92 Å². The zero-order valence-corrected chi connectivity index (χ0v) is 15.6. The first-order valence-electron chi connectivity index (χ1n) is 7.49. The van der Waals surface area contributed by atoms with Gasteiger partial charge in [-0.3, -0.25) is 4.79 Å². The van der Waals surface area contributed by atoms with Gasteiger partial charge in [-0.1, -0.05) is 41.9 Å². The molecule has 0 aromatic heterocycles. The molecule has 0 radical (unpaired) electrons. The van der Waals surface area contributed by atoms with E-state index in [-0.39, 0.29) is 23.1 Å². The molecule has 1 atom stereocenters. The van der Waals surface area contributed by atoms with E-state index in [1.165, 1.54) is 7.11 Å². The Labute approximate surface area is 146 Å². The van der Waals surface area contributed by atoms with Crippen molar-refractivity contribution >= 4 is 27.8 Å². The number of nitrogens with zero attached hydrogens (tertiary/aromatic N) is 1.